The van der Waals surface area contributed by atoms with E-state index in [1.54, 1.807) is 0 Å². The molecule has 2 aromatic rings. The molecule has 2 heterocycles. The number of rotatable bonds is 5. The van der Waals surface area contributed by atoms with E-state index >= 15 is 0 Å². The molecule has 212 valence electrons. The number of carbonyl (C=O) groups excluding carboxylic acids is 3. The maximum atomic E-state index is 12.2. The Morgan fingerprint density at radius 3 is 2.03 bits per heavy atom. The largest absolute Gasteiger partial charge is 0.502 e. The Morgan fingerprint density at radius 1 is 0.949 bits per heavy atom. The number of phenolic OH excluding ortho intramolecular Hbond substituents is 2. The molecule has 0 aromatic heterocycles. The highest BCUT2D eigenvalue weighted by atomic mass is 16.6. The summed E-state index contributed by atoms with van der Waals surface area (Å²) in [6.45, 7) is 1.72. The maximum absolute atomic E-state index is 12.2. The number of hydrogen-bond acceptors (Lipinski definition) is 12. The van der Waals surface area contributed by atoms with Crippen LogP contribution in [0.1, 0.15) is 36.0 Å². The molecule has 2 aliphatic heterocycles. The first-order valence-electron chi connectivity index (χ1n) is 11.8. The Labute approximate surface area is 222 Å². The van der Waals surface area contributed by atoms with Gasteiger partial charge >= 0.3 is 17.5 Å². The van der Waals surface area contributed by atoms with E-state index in [1.165, 1.54) is 47.7 Å². The fourth-order valence-electron chi connectivity index (χ4n) is 3.83. The molecule has 2 atom stereocenters. The zero-order valence-corrected chi connectivity index (χ0v) is 20.8. The standard InChI is InChI=1S/C12H14N2O5.C6H5NO3.C5H11NO.CO2/c15-7-8-3-2-6-13(8)12(17)9-4-1-5-10(11(9)16)14(18)19;8-6-4-2-1-3-5(6)7(9)10;7-4-5-2-1-3-6-5;2-1-3/h1,4-5,8,15-16H,2-3,6-7H2;1-4,8H;5-7H,1-4H2;/t8-;;5-;/m1.1./s1. The smallest absolute Gasteiger partial charge is 0.373 e. The predicted octanol–water partition coefficient (Wildman–Crippen LogP) is 1.34. The molecule has 0 radical (unpaired) electrons. The van der Waals surface area contributed by atoms with Crippen LogP contribution in [0.25, 0.3) is 0 Å². The first-order chi connectivity index (χ1) is 18.6. The lowest BCUT2D eigenvalue weighted by Crippen LogP contribution is -2.37. The van der Waals surface area contributed by atoms with Crippen LogP contribution in [0.4, 0.5) is 11.4 Å². The lowest BCUT2D eigenvalue weighted by atomic mass is 10.1. The highest BCUT2D eigenvalue weighted by molar-refractivity contribution is 5.98. The normalized spacial score (nSPS) is 17.2. The van der Waals surface area contributed by atoms with Gasteiger partial charge in [0.1, 0.15) is 0 Å². The highest BCUT2D eigenvalue weighted by Gasteiger charge is 2.31. The third-order valence-electron chi connectivity index (χ3n) is 5.75. The Balaban J connectivity index is 0.000000316. The summed E-state index contributed by atoms with van der Waals surface area (Å²) in [6, 6.07) is 9.51. The average molecular weight is 551 g/mol. The van der Waals surface area contributed by atoms with Crippen LogP contribution in [-0.4, -0.2) is 85.6 Å². The van der Waals surface area contributed by atoms with Crippen molar-refractivity contribution in [1.82, 2.24) is 10.2 Å². The van der Waals surface area contributed by atoms with Crippen LogP contribution in [0.3, 0.4) is 0 Å². The number of nitrogens with zero attached hydrogens (tertiary/aromatic N) is 3. The SMILES string of the molecule is O=C(c1cccc([N+](=O)[O-])c1O)N1CCC[C@@H]1CO.O=C=O.O=[N+]([O-])c1ccccc1O.OC[C@H]1CCCN1. The number of aliphatic hydroxyl groups is 2. The van der Waals surface area contributed by atoms with Crippen LogP contribution in [0.15, 0.2) is 42.5 Å². The van der Waals surface area contributed by atoms with Crippen molar-refractivity contribution in [3.8, 4) is 11.5 Å². The van der Waals surface area contributed by atoms with Gasteiger partial charge in [0.25, 0.3) is 5.91 Å². The number of nitro groups is 2. The second-order valence-corrected chi connectivity index (χ2v) is 8.21. The molecule has 0 saturated carbocycles. The van der Waals surface area contributed by atoms with Gasteiger partial charge in [-0.1, -0.05) is 18.2 Å². The molecule has 2 aromatic carbocycles. The summed E-state index contributed by atoms with van der Waals surface area (Å²) in [4.78, 5) is 49.4. The number of carbonyl (C=O) groups is 1. The molecule has 0 unspecified atom stereocenters. The second kappa shape index (κ2) is 17.1. The van der Waals surface area contributed by atoms with Crippen LogP contribution in [-0.2, 0) is 9.59 Å². The summed E-state index contributed by atoms with van der Waals surface area (Å²) in [7, 11) is 0. The van der Waals surface area contributed by atoms with Crippen LogP contribution in [0.5, 0.6) is 11.5 Å². The van der Waals surface area contributed by atoms with Gasteiger partial charge in [-0.05, 0) is 44.4 Å². The molecule has 2 aliphatic rings. The second-order valence-electron chi connectivity index (χ2n) is 8.21. The summed E-state index contributed by atoms with van der Waals surface area (Å²) >= 11 is 0. The van der Waals surface area contributed by atoms with E-state index in [1.807, 2.05) is 0 Å². The molecular weight excluding hydrogens is 520 g/mol. The molecule has 0 bridgehead atoms. The van der Waals surface area contributed by atoms with Crippen molar-refractivity contribution in [2.24, 2.45) is 0 Å². The number of aromatic hydroxyl groups is 2. The van der Waals surface area contributed by atoms with Crippen molar-refractivity contribution in [1.29, 1.82) is 0 Å². The molecule has 4 rings (SSSR count). The fraction of sp³-hybridized carbons (Fsp3) is 0.417. The van der Waals surface area contributed by atoms with Gasteiger partial charge in [-0.25, -0.2) is 0 Å². The Morgan fingerprint density at radius 2 is 1.56 bits per heavy atom. The van der Waals surface area contributed by atoms with Crippen molar-refractivity contribution < 1.29 is 44.7 Å². The molecule has 15 heteroatoms. The van der Waals surface area contributed by atoms with E-state index in [0.29, 0.717) is 25.6 Å². The van der Waals surface area contributed by atoms with Crippen LogP contribution < -0.4 is 5.32 Å². The molecular formula is C24H30N4O11. The van der Waals surface area contributed by atoms with E-state index in [-0.39, 0.29) is 35.8 Å². The molecule has 2 fully saturated rings. The lowest BCUT2D eigenvalue weighted by Gasteiger charge is -2.23. The highest BCUT2D eigenvalue weighted by Crippen LogP contribution is 2.31. The third kappa shape index (κ3) is 10.1. The molecule has 0 aliphatic carbocycles. The van der Waals surface area contributed by atoms with Crippen LogP contribution in [0.2, 0.25) is 0 Å². The number of para-hydroxylation sites is 3. The number of likely N-dealkylation sites (tertiary alicyclic amines) is 1. The number of benzene rings is 2. The van der Waals surface area contributed by atoms with Crippen molar-refractivity contribution in [2.45, 2.75) is 37.8 Å². The number of phenols is 2. The van der Waals surface area contributed by atoms with E-state index in [2.05, 4.69) is 5.32 Å². The van der Waals surface area contributed by atoms with Crippen molar-refractivity contribution in [2.75, 3.05) is 26.3 Å². The van der Waals surface area contributed by atoms with Gasteiger partial charge in [0.05, 0.1) is 34.7 Å². The van der Waals surface area contributed by atoms with Gasteiger partial charge in [0, 0.05) is 24.7 Å². The minimum atomic E-state index is -0.736. The lowest BCUT2D eigenvalue weighted by molar-refractivity contribution is -0.386. The minimum Gasteiger partial charge on any atom is -0.502 e. The molecule has 5 N–H and O–H groups in total. The molecule has 1 amide bonds. The van der Waals surface area contributed by atoms with Gasteiger partial charge in [-0.3, -0.25) is 25.0 Å². The van der Waals surface area contributed by atoms with E-state index in [9.17, 15) is 35.2 Å². The van der Waals surface area contributed by atoms with Crippen molar-refractivity contribution in [3.05, 3.63) is 68.3 Å². The van der Waals surface area contributed by atoms with Crippen molar-refractivity contribution >= 4 is 23.4 Å². The molecule has 2 saturated heterocycles. The number of nitrogens with one attached hydrogen (secondary N) is 1. The fourth-order valence-corrected chi connectivity index (χ4v) is 3.83. The number of amides is 1. The van der Waals surface area contributed by atoms with Crippen molar-refractivity contribution in [3.63, 3.8) is 0 Å². The predicted molar refractivity (Wildman–Crippen MR) is 134 cm³/mol. The first-order valence-corrected chi connectivity index (χ1v) is 11.8. The Kier molecular flexibility index (Phi) is 14.3. The van der Waals surface area contributed by atoms with Gasteiger partial charge in [0.2, 0.25) is 5.75 Å². The average Bonchev–Trinajstić information content (AvgIpc) is 3.62. The Bertz CT molecular complexity index is 1130. The van der Waals surface area contributed by atoms with E-state index in [0.717, 1.165) is 25.5 Å². The minimum absolute atomic E-state index is 0.102. The maximum Gasteiger partial charge on any atom is 0.373 e. The number of nitro benzene ring substituents is 2. The van der Waals surface area contributed by atoms with E-state index < -0.39 is 27.2 Å². The molecule has 39 heavy (non-hydrogen) atoms. The third-order valence-corrected chi connectivity index (χ3v) is 5.75. The quantitative estimate of drug-likeness (QED) is 0.262. The molecule has 15 nitrogen and oxygen atoms in total. The summed E-state index contributed by atoms with van der Waals surface area (Å²) in [5.41, 5.74) is -0.859. The Hall–Kier alpha value is -4.43. The topological polar surface area (TPSA) is 234 Å². The van der Waals surface area contributed by atoms with Gasteiger partial charge in [-0.15, -0.1) is 0 Å². The summed E-state index contributed by atoms with van der Waals surface area (Å²) in [5, 5.41) is 60.3. The zero-order chi connectivity index (χ0) is 29.4. The summed E-state index contributed by atoms with van der Waals surface area (Å²) < 4.78 is 0. The van der Waals surface area contributed by atoms with Gasteiger partial charge in [0.15, 0.2) is 5.75 Å². The number of aliphatic hydroxyl groups excluding tert-OH is 2. The monoisotopic (exact) mass is 550 g/mol. The van der Waals surface area contributed by atoms with Gasteiger partial charge < -0.3 is 30.6 Å². The first kappa shape index (κ1) is 32.6. The van der Waals surface area contributed by atoms with Crippen LogP contribution in [0, 0.1) is 20.2 Å². The number of hydrogen-bond donors (Lipinski definition) is 5. The molecule has 0 spiro atoms. The summed E-state index contributed by atoms with van der Waals surface area (Å²) in [5.74, 6) is -1.41. The zero-order valence-electron chi connectivity index (χ0n) is 20.8. The summed E-state index contributed by atoms with van der Waals surface area (Å²) in [6.07, 6.45) is 4.09. The van der Waals surface area contributed by atoms with Gasteiger partial charge in [-0.2, -0.15) is 9.59 Å². The van der Waals surface area contributed by atoms with E-state index in [4.69, 9.17) is 19.8 Å². The van der Waals surface area contributed by atoms with Crippen LogP contribution >= 0.6 is 0 Å².